The fourth-order valence-corrected chi connectivity index (χ4v) is 1.19. The topological polar surface area (TPSA) is 26.3 Å². The van der Waals surface area contributed by atoms with Crippen molar-refractivity contribution in [3.8, 4) is 0 Å². The van der Waals surface area contributed by atoms with Crippen molar-refractivity contribution in [2.24, 2.45) is 0 Å². The number of carbonyl (C=O) groups is 1. The molecule has 0 aromatic carbocycles. The van der Waals surface area contributed by atoms with Crippen LogP contribution in [0.5, 0.6) is 0 Å². The number of rotatable bonds is 2. The maximum absolute atomic E-state index is 13.5. The van der Waals surface area contributed by atoms with Gasteiger partial charge >= 0.3 is 29.6 Å². The number of halogens is 8. The zero-order chi connectivity index (χ0) is 15.3. The van der Waals surface area contributed by atoms with Crippen molar-refractivity contribution in [3.63, 3.8) is 0 Å². The number of carbonyl (C=O) groups excluding carboxylic acids is 1. The first-order chi connectivity index (χ1) is 8.33. The molecule has 10 heteroatoms. The van der Waals surface area contributed by atoms with E-state index < -0.39 is 41.5 Å². The summed E-state index contributed by atoms with van der Waals surface area (Å²) in [6, 6.07) is 0. The first-order valence-electron chi connectivity index (χ1n) is 4.40. The molecule has 0 aromatic heterocycles. The highest BCUT2D eigenvalue weighted by atomic mass is 19.4. The predicted octanol–water partition coefficient (Wildman–Crippen LogP) is 3.15. The van der Waals surface area contributed by atoms with Crippen LogP contribution in [0.1, 0.15) is 0 Å². The van der Waals surface area contributed by atoms with Crippen molar-refractivity contribution in [2.75, 3.05) is 0 Å². The highest BCUT2D eigenvalue weighted by Gasteiger charge is 2.85. The Labute approximate surface area is 99.9 Å². The summed E-state index contributed by atoms with van der Waals surface area (Å²) < 4.78 is 106. The standard InChI is InChI=1S/C9H4F8O2/c1-2-5(18)19-6(11)3-4(10)7(12,13)9(16,17)8(6,14)15/h2-3H,1H2. The Morgan fingerprint density at radius 3 is 2.00 bits per heavy atom. The van der Waals surface area contributed by atoms with Crippen molar-refractivity contribution in [3.05, 3.63) is 24.6 Å². The minimum absolute atomic E-state index is 0.105. The van der Waals surface area contributed by atoms with E-state index in [2.05, 4.69) is 11.3 Å². The number of alkyl halides is 7. The molecule has 0 saturated heterocycles. The van der Waals surface area contributed by atoms with Crippen LogP contribution in [0.25, 0.3) is 0 Å². The number of hydrogen-bond donors (Lipinski definition) is 0. The lowest BCUT2D eigenvalue weighted by molar-refractivity contribution is -0.374. The van der Waals surface area contributed by atoms with E-state index in [1.807, 2.05) is 0 Å². The van der Waals surface area contributed by atoms with Crippen molar-refractivity contribution in [1.29, 1.82) is 0 Å². The second kappa shape index (κ2) is 3.94. The van der Waals surface area contributed by atoms with Crippen LogP contribution < -0.4 is 0 Å². The third-order valence-corrected chi connectivity index (χ3v) is 2.24. The predicted molar refractivity (Wildman–Crippen MR) is 44.2 cm³/mol. The molecule has 0 aromatic rings. The van der Waals surface area contributed by atoms with Gasteiger partial charge in [-0.25, -0.2) is 9.18 Å². The molecule has 0 saturated carbocycles. The Hall–Kier alpha value is -1.61. The monoisotopic (exact) mass is 296 g/mol. The molecule has 0 bridgehead atoms. The quantitative estimate of drug-likeness (QED) is 0.444. The van der Waals surface area contributed by atoms with E-state index in [0.717, 1.165) is 0 Å². The molecule has 108 valence electrons. The summed E-state index contributed by atoms with van der Waals surface area (Å²) in [5.74, 6) is -28.8. The minimum atomic E-state index is -6.44. The Morgan fingerprint density at radius 2 is 1.58 bits per heavy atom. The van der Waals surface area contributed by atoms with Crippen LogP contribution in [0.3, 0.4) is 0 Å². The molecule has 0 aliphatic heterocycles. The van der Waals surface area contributed by atoms with Gasteiger partial charge in [-0.15, -0.1) is 0 Å². The van der Waals surface area contributed by atoms with E-state index in [0.29, 0.717) is 0 Å². The van der Waals surface area contributed by atoms with E-state index in [1.54, 1.807) is 0 Å². The Morgan fingerprint density at radius 1 is 1.11 bits per heavy atom. The maximum atomic E-state index is 13.5. The van der Waals surface area contributed by atoms with Crippen LogP contribution in [0, 0.1) is 0 Å². The molecular formula is C9H4F8O2. The van der Waals surface area contributed by atoms with E-state index in [9.17, 15) is 39.9 Å². The lowest BCUT2D eigenvalue weighted by Gasteiger charge is -2.41. The Bertz CT molecular complexity index is 455. The largest absolute Gasteiger partial charge is 0.415 e. The zero-order valence-corrected chi connectivity index (χ0v) is 8.70. The summed E-state index contributed by atoms with van der Waals surface area (Å²) >= 11 is 0. The van der Waals surface area contributed by atoms with Gasteiger partial charge in [0.05, 0.1) is 0 Å². The molecule has 1 unspecified atom stereocenters. The van der Waals surface area contributed by atoms with Gasteiger partial charge in [0.2, 0.25) is 0 Å². The van der Waals surface area contributed by atoms with Crippen LogP contribution in [0.4, 0.5) is 35.1 Å². The molecule has 0 amide bonds. The van der Waals surface area contributed by atoms with Gasteiger partial charge in [0.15, 0.2) is 5.83 Å². The molecule has 0 radical (unpaired) electrons. The van der Waals surface area contributed by atoms with Gasteiger partial charge < -0.3 is 4.74 Å². The fraction of sp³-hybridized carbons (Fsp3) is 0.444. The van der Waals surface area contributed by atoms with Crippen molar-refractivity contribution in [2.45, 2.75) is 23.6 Å². The van der Waals surface area contributed by atoms with Crippen molar-refractivity contribution in [1.82, 2.24) is 0 Å². The third kappa shape index (κ3) is 1.80. The van der Waals surface area contributed by atoms with Gasteiger partial charge in [-0.1, -0.05) is 6.58 Å². The summed E-state index contributed by atoms with van der Waals surface area (Å²) in [5, 5.41) is 0. The molecule has 19 heavy (non-hydrogen) atoms. The molecule has 1 rings (SSSR count). The number of allylic oxidation sites excluding steroid dienone is 1. The normalized spacial score (nSPS) is 31.3. The van der Waals surface area contributed by atoms with Crippen LogP contribution in [0.15, 0.2) is 24.6 Å². The van der Waals surface area contributed by atoms with Crippen molar-refractivity contribution < 1.29 is 44.7 Å². The second-order valence-corrected chi connectivity index (χ2v) is 3.49. The minimum Gasteiger partial charge on any atom is -0.415 e. The van der Waals surface area contributed by atoms with Gasteiger partial charge in [-0.2, -0.15) is 30.7 Å². The average molecular weight is 296 g/mol. The summed E-state index contributed by atoms with van der Waals surface area (Å²) in [5.41, 5.74) is 0. The van der Waals surface area contributed by atoms with Gasteiger partial charge in [0.1, 0.15) is 0 Å². The van der Waals surface area contributed by atoms with E-state index in [4.69, 9.17) is 0 Å². The molecule has 0 heterocycles. The fourth-order valence-electron chi connectivity index (χ4n) is 1.19. The smallest absolute Gasteiger partial charge is 0.388 e. The average Bonchev–Trinajstić information content (AvgIpc) is 2.26. The van der Waals surface area contributed by atoms with Crippen LogP contribution in [-0.2, 0) is 9.53 Å². The number of ether oxygens (including phenoxy) is 1. The second-order valence-electron chi connectivity index (χ2n) is 3.49. The van der Waals surface area contributed by atoms with Crippen LogP contribution >= 0.6 is 0 Å². The highest BCUT2D eigenvalue weighted by Crippen LogP contribution is 2.59. The highest BCUT2D eigenvalue weighted by molar-refractivity contribution is 5.81. The lowest BCUT2D eigenvalue weighted by Crippen LogP contribution is -2.67. The summed E-state index contributed by atoms with van der Waals surface area (Å²) in [6.45, 7) is 2.65. The first-order valence-corrected chi connectivity index (χ1v) is 4.40. The van der Waals surface area contributed by atoms with Crippen LogP contribution in [-0.4, -0.2) is 29.6 Å². The molecule has 2 nitrogen and oxygen atoms in total. The Kier molecular flexibility index (Phi) is 3.20. The zero-order valence-electron chi connectivity index (χ0n) is 8.70. The SMILES string of the molecule is C=CC(=O)OC1(F)C=C(F)C(F)(F)C(F)(F)C1(F)F. The summed E-state index contributed by atoms with van der Waals surface area (Å²) in [6.07, 6.45) is -1.10. The summed E-state index contributed by atoms with van der Waals surface area (Å²) in [4.78, 5) is 10.6. The molecule has 0 N–H and O–H groups in total. The summed E-state index contributed by atoms with van der Waals surface area (Å²) in [7, 11) is 0. The third-order valence-electron chi connectivity index (χ3n) is 2.24. The molecule has 0 fully saturated rings. The molecule has 0 spiro atoms. The lowest BCUT2D eigenvalue weighted by atomic mass is 9.90. The van der Waals surface area contributed by atoms with Crippen LogP contribution in [0.2, 0.25) is 0 Å². The molecule has 1 aliphatic carbocycles. The van der Waals surface area contributed by atoms with E-state index in [1.165, 1.54) is 0 Å². The van der Waals surface area contributed by atoms with E-state index in [-0.39, 0.29) is 6.08 Å². The Balaban J connectivity index is 3.47. The maximum Gasteiger partial charge on any atom is 0.388 e. The molecular weight excluding hydrogens is 292 g/mol. The number of hydrogen-bond acceptors (Lipinski definition) is 2. The van der Waals surface area contributed by atoms with Crippen molar-refractivity contribution >= 4 is 5.97 Å². The molecule has 1 atom stereocenters. The first kappa shape index (κ1) is 15.4. The van der Waals surface area contributed by atoms with Gasteiger partial charge in [0, 0.05) is 12.2 Å². The van der Waals surface area contributed by atoms with Gasteiger partial charge in [0.25, 0.3) is 0 Å². The van der Waals surface area contributed by atoms with Gasteiger partial charge in [-0.3, -0.25) is 0 Å². The molecule has 1 aliphatic rings. The van der Waals surface area contributed by atoms with Gasteiger partial charge in [-0.05, 0) is 0 Å². The number of esters is 1. The van der Waals surface area contributed by atoms with E-state index >= 15 is 0 Å².